The van der Waals surface area contributed by atoms with Crippen molar-refractivity contribution in [3.05, 3.63) is 34.9 Å². The number of carbonyl (C=O) groups is 1. The van der Waals surface area contributed by atoms with Crippen LogP contribution in [0.4, 0.5) is 0 Å². The summed E-state index contributed by atoms with van der Waals surface area (Å²) in [6, 6.07) is 0. The molecule has 2 heteroatoms. The lowest BCUT2D eigenvalue weighted by Crippen LogP contribution is -2.22. The van der Waals surface area contributed by atoms with Crippen molar-refractivity contribution in [2.45, 2.75) is 32.1 Å². The molecule has 3 aliphatic carbocycles. The van der Waals surface area contributed by atoms with E-state index in [4.69, 9.17) is 5.11 Å². The second kappa shape index (κ2) is 3.62. The van der Waals surface area contributed by atoms with Crippen molar-refractivity contribution in [1.29, 1.82) is 0 Å². The molecular weight excluding hydrogens is 200 g/mol. The molecule has 2 unspecified atom stereocenters. The van der Waals surface area contributed by atoms with E-state index >= 15 is 0 Å². The Morgan fingerprint density at radius 2 is 2.38 bits per heavy atom. The summed E-state index contributed by atoms with van der Waals surface area (Å²) in [6.45, 7) is 0. The van der Waals surface area contributed by atoms with Gasteiger partial charge in [0.25, 0.3) is 0 Å². The van der Waals surface area contributed by atoms with Gasteiger partial charge in [0.05, 0.1) is 0 Å². The van der Waals surface area contributed by atoms with Crippen LogP contribution in [-0.4, -0.2) is 11.1 Å². The van der Waals surface area contributed by atoms with Crippen LogP contribution >= 0.6 is 0 Å². The van der Waals surface area contributed by atoms with E-state index in [1.807, 2.05) is 0 Å². The van der Waals surface area contributed by atoms with Crippen LogP contribution in [0.5, 0.6) is 0 Å². The molecule has 0 bridgehead atoms. The van der Waals surface area contributed by atoms with Crippen molar-refractivity contribution in [3.8, 4) is 0 Å². The third kappa shape index (κ3) is 1.44. The Kier molecular flexibility index (Phi) is 2.23. The predicted molar refractivity (Wildman–Crippen MR) is 61.9 cm³/mol. The summed E-state index contributed by atoms with van der Waals surface area (Å²) in [7, 11) is 0. The maximum Gasteiger partial charge on any atom is 0.303 e. The molecular formula is C14H16O2. The molecule has 0 radical (unpaired) electrons. The molecule has 3 aliphatic rings. The van der Waals surface area contributed by atoms with Gasteiger partial charge in [-0.15, -0.1) is 0 Å². The highest BCUT2D eigenvalue weighted by Gasteiger charge is 2.37. The van der Waals surface area contributed by atoms with E-state index in [1.54, 1.807) is 0 Å². The summed E-state index contributed by atoms with van der Waals surface area (Å²) < 4.78 is 0. The summed E-state index contributed by atoms with van der Waals surface area (Å²) in [6.07, 6.45) is 11.4. The van der Waals surface area contributed by atoms with Gasteiger partial charge in [0.2, 0.25) is 0 Å². The van der Waals surface area contributed by atoms with Crippen molar-refractivity contribution in [3.63, 3.8) is 0 Å². The van der Waals surface area contributed by atoms with Gasteiger partial charge in [-0.2, -0.15) is 0 Å². The quantitative estimate of drug-likeness (QED) is 0.770. The largest absolute Gasteiger partial charge is 0.481 e. The van der Waals surface area contributed by atoms with Gasteiger partial charge in [-0.05, 0) is 48.7 Å². The fourth-order valence-electron chi connectivity index (χ4n) is 3.54. The average Bonchev–Trinajstić information content (AvgIpc) is 2.82. The van der Waals surface area contributed by atoms with Gasteiger partial charge in [-0.25, -0.2) is 0 Å². The highest BCUT2D eigenvalue weighted by atomic mass is 16.4. The first-order valence-electron chi connectivity index (χ1n) is 6.08. The average molecular weight is 216 g/mol. The van der Waals surface area contributed by atoms with E-state index in [0.717, 1.165) is 6.42 Å². The Morgan fingerprint density at radius 3 is 3.19 bits per heavy atom. The number of aliphatic carboxylic acids is 1. The third-order valence-electron chi connectivity index (χ3n) is 4.15. The summed E-state index contributed by atoms with van der Waals surface area (Å²) in [5.41, 5.74) is 4.35. The van der Waals surface area contributed by atoms with Gasteiger partial charge in [0.15, 0.2) is 0 Å². The molecule has 0 heterocycles. The molecule has 0 aliphatic heterocycles. The number of carboxylic acids is 1. The number of fused-ring (bicyclic) bond motifs is 2. The Bertz CT molecular complexity index is 426. The van der Waals surface area contributed by atoms with E-state index in [1.165, 1.54) is 36.0 Å². The number of carboxylic acid groups (broad SMARTS) is 1. The molecule has 2 atom stereocenters. The van der Waals surface area contributed by atoms with Crippen molar-refractivity contribution in [1.82, 2.24) is 0 Å². The summed E-state index contributed by atoms with van der Waals surface area (Å²) in [5, 5.41) is 8.98. The minimum Gasteiger partial charge on any atom is -0.481 e. The van der Waals surface area contributed by atoms with Crippen LogP contribution < -0.4 is 0 Å². The molecule has 0 aromatic carbocycles. The monoisotopic (exact) mass is 216 g/mol. The molecule has 1 saturated carbocycles. The van der Waals surface area contributed by atoms with Crippen LogP contribution in [-0.2, 0) is 4.79 Å². The first-order valence-corrected chi connectivity index (χ1v) is 6.08. The van der Waals surface area contributed by atoms with Crippen LogP contribution in [0.15, 0.2) is 34.9 Å². The number of hydrogen-bond acceptors (Lipinski definition) is 1. The molecule has 0 amide bonds. The summed E-state index contributed by atoms with van der Waals surface area (Å²) in [4.78, 5) is 10.9. The van der Waals surface area contributed by atoms with E-state index in [-0.39, 0.29) is 0 Å². The number of rotatable bonds is 2. The molecule has 1 N–H and O–H groups in total. The lowest BCUT2D eigenvalue weighted by Gasteiger charge is -2.31. The number of hydrogen-bond donors (Lipinski definition) is 1. The zero-order chi connectivity index (χ0) is 11.1. The summed E-state index contributed by atoms with van der Waals surface area (Å²) in [5.74, 6) is 0.238. The minimum atomic E-state index is -0.647. The van der Waals surface area contributed by atoms with Gasteiger partial charge >= 0.3 is 5.97 Å². The first-order chi connectivity index (χ1) is 7.75. The molecule has 1 fully saturated rings. The zero-order valence-electron chi connectivity index (χ0n) is 9.28. The second-order valence-corrected chi connectivity index (χ2v) is 5.05. The SMILES string of the molecule is O=C(O)CC1CC2=CC=CC2=C2CCCC21. The van der Waals surface area contributed by atoms with Crippen LogP contribution in [0.2, 0.25) is 0 Å². The maximum atomic E-state index is 10.9. The van der Waals surface area contributed by atoms with Crippen LogP contribution in [0.25, 0.3) is 0 Å². The Labute approximate surface area is 95.4 Å². The molecule has 0 spiro atoms. The van der Waals surface area contributed by atoms with Crippen molar-refractivity contribution >= 4 is 5.97 Å². The van der Waals surface area contributed by atoms with E-state index in [0.29, 0.717) is 18.3 Å². The van der Waals surface area contributed by atoms with E-state index < -0.39 is 5.97 Å². The second-order valence-electron chi connectivity index (χ2n) is 5.05. The highest BCUT2D eigenvalue weighted by molar-refractivity contribution is 5.68. The Morgan fingerprint density at radius 1 is 1.50 bits per heavy atom. The van der Waals surface area contributed by atoms with Crippen molar-refractivity contribution in [2.24, 2.45) is 11.8 Å². The first kappa shape index (κ1) is 9.88. The van der Waals surface area contributed by atoms with Crippen molar-refractivity contribution in [2.75, 3.05) is 0 Å². The highest BCUT2D eigenvalue weighted by Crippen LogP contribution is 2.49. The summed E-state index contributed by atoms with van der Waals surface area (Å²) >= 11 is 0. The van der Waals surface area contributed by atoms with Gasteiger partial charge in [0, 0.05) is 6.42 Å². The molecule has 0 aromatic heterocycles. The molecule has 0 aromatic rings. The topological polar surface area (TPSA) is 37.3 Å². The van der Waals surface area contributed by atoms with Gasteiger partial charge in [0.1, 0.15) is 0 Å². The number of allylic oxidation sites excluding steroid dienone is 6. The maximum absolute atomic E-state index is 10.9. The smallest absolute Gasteiger partial charge is 0.303 e. The Hall–Kier alpha value is -1.31. The fraction of sp³-hybridized carbons (Fsp3) is 0.500. The van der Waals surface area contributed by atoms with Crippen LogP contribution in [0.3, 0.4) is 0 Å². The van der Waals surface area contributed by atoms with Crippen LogP contribution in [0.1, 0.15) is 32.1 Å². The molecule has 2 nitrogen and oxygen atoms in total. The van der Waals surface area contributed by atoms with E-state index in [9.17, 15) is 4.79 Å². The molecule has 3 rings (SSSR count). The van der Waals surface area contributed by atoms with Gasteiger partial charge in [-0.3, -0.25) is 4.79 Å². The molecule has 0 saturated heterocycles. The Balaban J connectivity index is 1.95. The molecule has 84 valence electrons. The van der Waals surface area contributed by atoms with Crippen LogP contribution in [0, 0.1) is 11.8 Å². The molecule has 16 heavy (non-hydrogen) atoms. The zero-order valence-corrected chi connectivity index (χ0v) is 9.28. The van der Waals surface area contributed by atoms with Gasteiger partial charge < -0.3 is 5.11 Å². The lowest BCUT2D eigenvalue weighted by atomic mass is 9.73. The minimum absolute atomic E-state index is 0.332. The normalized spacial score (nSPS) is 31.4. The third-order valence-corrected chi connectivity index (χ3v) is 4.15. The lowest BCUT2D eigenvalue weighted by molar-refractivity contribution is -0.138. The fourth-order valence-corrected chi connectivity index (χ4v) is 3.54. The predicted octanol–water partition coefficient (Wildman–Crippen LogP) is 3.07. The van der Waals surface area contributed by atoms with Crippen molar-refractivity contribution < 1.29 is 9.90 Å². The van der Waals surface area contributed by atoms with Gasteiger partial charge in [-0.1, -0.05) is 23.8 Å². The standard InChI is InChI=1S/C14H16O2/c15-14(16)8-10-7-9-3-1-4-11(9)13-6-2-5-12(10)13/h1,3-4,10,12H,2,5-8H2,(H,15,16). The van der Waals surface area contributed by atoms with E-state index in [2.05, 4.69) is 18.2 Å².